The molecular weight excluding hydrogens is 701 g/mol. The van der Waals surface area contributed by atoms with Gasteiger partial charge in [-0.1, -0.05) is 182 Å². The number of anilines is 3. The van der Waals surface area contributed by atoms with E-state index in [4.69, 9.17) is 0 Å². The first-order valence-electron chi connectivity index (χ1n) is 19.9. The average molecular weight is 739 g/mol. The van der Waals surface area contributed by atoms with E-state index in [-0.39, 0.29) is 0 Å². The zero-order valence-electron chi connectivity index (χ0n) is 31.8. The Bertz CT molecular complexity index is 3250. The number of nitrogens with zero attached hydrogens (tertiary/aromatic N) is 2. The van der Waals surface area contributed by atoms with Gasteiger partial charge >= 0.3 is 0 Å². The van der Waals surface area contributed by atoms with E-state index in [1.165, 1.54) is 76.7 Å². The van der Waals surface area contributed by atoms with Gasteiger partial charge in [0.25, 0.3) is 0 Å². The lowest BCUT2D eigenvalue weighted by Crippen LogP contribution is -2.10. The Morgan fingerprint density at radius 3 is 1.53 bits per heavy atom. The number of benzene rings is 10. The maximum atomic E-state index is 2.44. The van der Waals surface area contributed by atoms with Crippen LogP contribution in [-0.4, -0.2) is 4.57 Å². The molecule has 10 aromatic carbocycles. The molecule has 0 fully saturated rings. The zero-order valence-corrected chi connectivity index (χ0v) is 31.8. The first kappa shape index (κ1) is 33.6. The summed E-state index contributed by atoms with van der Waals surface area (Å²) in [6, 6.07) is 83.6. The molecule has 11 rings (SSSR count). The lowest BCUT2D eigenvalue weighted by atomic mass is 9.94. The minimum absolute atomic E-state index is 1.10. The molecule has 0 aliphatic heterocycles. The highest BCUT2D eigenvalue weighted by Gasteiger charge is 2.18. The van der Waals surface area contributed by atoms with E-state index in [0.717, 1.165) is 22.7 Å². The normalized spacial score (nSPS) is 11.4. The second-order valence-corrected chi connectivity index (χ2v) is 14.9. The topological polar surface area (TPSA) is 8.17 Å². The van der Waals surface area contributed by atoms with Crippen LogP contribution in [0.2, 0.25) is 0 Å². The molecule has 272 valence electrons. The third-order valence-electron chi connectivity index (χ3n) is 11.6. The summed E-state index contributed by atoms with van der Waals surface area (Å²) in [7, 11) is 0. The molecule has 0 atom stereocenters. The molecule has 0 aliphatic carbocycles. The third-order valence-corrected chi connectivity index (χ3v) is 11.6. The third kappa shape index (κ3) is 5.74. The Hall–Kier alpha value is -7.68. The molecule has 0 bridgehead atoms. The van der Waals surface area contributed by atoms with Gasteiger partial charge in [-0.25, -0.2) is 0 Å². The lowest BCUT2D eigenvalue weighted by Gasteiger charge is -2.27. The van der Waals surface area contributed by atoms with Crippen LogP contribution in [-0.2, 0) is 0 Å². The molecule has 2 heteroatoms. The largest absolute Gasteiger partial charge is 0.310 e. The molecule has 0 aliphatic rings. The number of fused-ring (bicyclic) bond motifs is 6. The van der Waals surface area contributed by atoms with Crippen LogP contribution >= 0.6 is 0 Å². The summed E-state index contributed by atoms with van der Waals surface area (Å²) in [6.07, 6.45) is 0. The van der Waals surface area contributed by atoms with E-state index < -0.39 is 0 Å². The van der Waals surface area contributed by atoms with E-state index in [1.807, 2.05) is 0 Å². The molecule has 0 unspecified atom stereocenters. The van der Waals surface area contributed by atoms with Crippen molar-refractivity contribution < 1.29 is 0 Å². The molecule has 1 heterocycles. The van der Waals surface area contributed by atoms with Gasteiger partial charge < -0.3 is 9.47 Å². The Morgan fingerprint density at radius 1 is 0.310 bits per heavy atom. The fraction of sp³-hybridized carbons (Fsp3) is 0. The Balaban J connectivity index is 1.02. The van der Waals surface area contributed by atoms with Crippen LogP contribution in [0.4, 0.5) is 17.1 Å². The predicted molar refractivity (Wildman–Crippen MR) is 247 cm³/mol. The minimum Gasteiger partial charge on any atom is -0.310 e. The van der Waals surface area contributed by atoms with Gasteiger partial charge in [-0.15, -0.1) is 0 Å². The number of aromatic nitrogens is 1. The molecule has 11 aromatic rings. The highest BCUT2D eigenvalue weighted by Crippen LogP contribution is 2.42. The van der Waals surface area contributed by atoms with E-state index in [9.17, 15) is 0 Å². The van der Waals surface area contributed by atoms with Gasteiger partial charge in [0.2, 0.25) is 0 Å². The van der Waals surface area contributed by atoms with Crippen molar-refractivity contribution in [3.05, 3.63) is 231 Å². The lowest BCUT2D eigenvalue weighted by molar-refractivity contribution is 1.19. The predicted octanol–water partition coefficient (Wildman–Crippen LogP) is 15.6. The van der Waals surface area contributed by atoms with Gasteiger partial charge in [0, 0.05) is 38.6 Å². The molecule has 58 heavy (non-hydrogen) atoms. The van der Waals surface area contributed by atoms with Crippen molar-refractivity contribution in [1.82, 2.24) is 4.57 Å². The second-order valence-electron chi connectivity index (χ2n) is 14.9. The molecule has 1 aromatic heterocycles. The molecule has 0 N–H and O–H groups in total. The zero-order chi connectivity index (χ0) is 38.4. The number of rotatable bonds is 7. The fourth-order valence-corrected chi connectivity index (χ4v) is 8.83. The van der Waals surface area contributed by atoms with Crippen molar-refractivity contribution >= 4 is 60.4 Å². The SMILES string of the molecule is c1ccc(-c2ccccc2-c2ccc(N(c3ccc(-c4ccc5c6ccc7ccccc7c6n(-c6ccccc6)c5c4)cc3)c3cccc4ccccc34)cc2)cc1. The molecule has 0 radical (unpaired) electrons. The number of para-hydroxylation sites is 1. The van der Waals surface area contributed by atoms with Gasteiger partial charge in [0.05, 0.1) is 16.7 Å². The highest BCUT2D eigenvalue weighted by atomic mass is 15.1. The van der Waals surface area contributed by atoms with Crippen LogP contribution in [0.5, 0.6) is 0 Å². The summed E-state index contributed by atoms with van der Waals surface area (Å²) in [5.41, 5.74) is 14.2. The van der Waals surface area contributed by atoms with Crippen molar-refractivity contribution in [2.45, 2.75) is 0 Å². The summed E-state index contributed by atoms with van der Waals surface area (Å²) in [5.74, 6) is 0. The summed E-state index contributed by atoms with van der Waals surface area (Å²) >= 11 is 0. The molecule has 0 saturated heterocycles. The summed E-state index contributed by atoms with van der Waals surface area (Å²) in [5, 5.41) is 7.44. The Labute approximate surface area is 338 Å². The van der Waals surface area contributed by atoms with Crippen LogP contribution < -0.4 is 4.90 Å². The van der Waals surface area contributed by atoms with Crippen LogP contribution in [0.15, 0.2) is 231 Å². The molecule has 2 nitrogen and oxygen atoms in total. The maximum Gasteiger partial charge on any atom is 0.0619 e. The van der Waals surface area contributed by atoms with Crippen molar-refractivity contribution in [3.63, 3.8) is 0 Å². The maximum absolute atomic E-state index is 2.44. The second kappa shape index (κ2) is 14.1. The van der Waals surface area contributed by atoms with E-state index in [2.05, 4.69) is 240 Å². The Kier molecular flexibility index (Phi) is 8.19. The van der Waals surface area contributed by atoms with Crippen molar-refractivity contribution in [2.24, 2.45) is 0 Å². The summed E-state index contributed by atoms with van der Waals surface area (Å²) < 4.78 is 2.44. The summed E-state index contributed by atoms with van der Waals surface area (Å²) in [4.78, 5) is 2.39. The average Bonchev–Trinajstić information content (AvgIpc) is 3.64. The number of hydrogen-bond acceptors (Lipinski definition) is 1. The van der Waals surface area contributed by atoms with Gasteiger partial charge in [0.1, 0.15) is 0 Å². The van der Waals surface area contributed by atoms with Gasteiger partial charge in [-0.3, -0.25) is 0 Å². The van der Waals surface area contributed by atoms with Crippen LogP contribution in [0.1, 0.15) is 0 Å². The van der Waals surface area contributed by atoms with Crippen molar-refractivity contribution in [3.8, 4) is 39.1 Å². The van der Waals surface area contributed by atoms with E-state index in [0.29, 0.717) is 0 Å². The number of hydrogen-bond donors (Lipinski definition) is 0. The standard InChI is InChI=1S/C56H38N2/c1-3-14-40(15-4-1)48-21-11-12-22-49(48)43-28-34-47(35-29-43)57(54-25-13-18-41-16-7-9-23-50(41)54)46-32-26-39(27-33-46)44-31-36-52-53-37-30-42-17-8-10-24-51(42)56(53)58(55(52)38-44)45-19-5-2-6-20-45/h1-38H. The molecular formula is C56H38N2. The molecule has 0 amide bonds. The smallest absolute Gasteiger partial charge is 0.0619 e. The van der Waals surface area contributed by atoms with Gasteiger partial charge in [-0.2, -0.15) is 0 Å². The van der Waals surface area contributed by atoms with Crippen molar-refractivity contribution in [1.29, 1.82) is 0 Å². The Morgan fingerprint density at radius 2 is 0.828 bits per heavy atom. The quantitative estimate of drug-likeness (QED) is 0.158. The van der Waals surface area contributed by atoms with E-state index >= 15 is 0 Å². The van der Waals surface area contributed by atoms with Crippen molar-refractivity contribution in [2.75, 3.05) is 4.90 Å². The monoisotopic (exact) mass is 738 g/mol. The first-order chi connectivity index (χ1) is 28.8. The van der Waals surface area contributed by atoms with Gasteiger partial charge in [-0.05, 0) is 92.7 Å². The summed E-state index contributed by atoms with van der Waals surface area (Å²) in [6.45, 7) is 0. The molecule has 0 saturated carbocycles. The minimum atomic E-state index is 1.10. The molecule has 0 spiro atoms. The van der Waals surface area contributed by atoms with Gasteiger partial charge in [0.15, 0.2) is 0 Å². The fourth-order valence-electron chi connectivity index (χ4n) is 8.83. The van der Waals surface area contributed by atoms with E-state index in [1.54, 1.807) is 0 Å². The first-order valence-corrected chi connectivity index (χ1v) is 19.9. The van der Waals surface area contributed by atoms with Crippen LogP contribution in [0.3, 0.4) is 0 Å². The van der Waals surface area contributed by atoms with Crippen LogP contribution in [0.25, 0.3) is 82.4 Å². The highest BCUT2D eigenvalue weighted by molar-refractivity contribution is 6.19. The van der Waals surface area contributed by atoms with Crippen LogP contribution in [0, 0.1) is 0 Å².